The zero-order valence-electron chi connectivity index (χ0n) is 19.5. The van der Waals surface area contributed by atoms with Crippen LogP contribution in [-0.2, 0) is 6.54 Å². The number of rotatable bonds is 8. The zero-order valence-corrected chi connectivity index (χ0v) is 19.5. The van der Waals surface area contributed by atoms with Crippen LogP contribution in [0.1, 0.15) is 21.6 Å². The number of aromatic nitrogens is 2. The van der Waals surface area contributed by atoms with E-state index in [1.165, 1.54) is 16.8 Å². The molecule has 1 heterocycles. The first-order valence-corrected chi connectivity index (χ1v) is 11.1. The van der Waals surface area contributed by atoms with Crippen molar-refractivity contribution in [2.24, 2.45) is 10.2 Å². The topological polar surface area (TPSA) is 97.9 Å². The predicted molar refractivity (Wildman–Crippen MR) is 135 cm³/mol. The van der Waals surface area contributed by atoms with Gasteiger partial charge in [0.1, 0.15) is 23.7 Å². The highest BCUT2D eigenvalue weighted by Crippen LogP contribution is 2.28. The molecule has 0 spiro atoms. The molecular formula is C27H25N5O3. The number of nitrogens with zero attached hydrogens (tertiary/aromatic N) is 4. The highest BCUT2D eigenvalue weighted by Gasteiger charge is 2.13. The van der Waals surface area contributed by atoms with Crippen molar-refractivity contribution in [2.75, 3.05) is 11.9 Å². The summed E-state index contributed by atoms with van der Waals surface area (Å²) in [6, 6.07) is 25.1. The molecule has 0 atom stereocenters. The minimum Gasteiger partial charge on any atom is -0.492 e. The molecule has 0 unspecified atom stereocenters. The van der Waals surface area contributed by atoms with Gasteiger partial charge in [-0.05, 0) is 61.9 Å². The van der Waals surface area contributed by atoms with Crippen molar-refractivity contribution >= 4 is 23.0 Å². The van der Waals surface area contributed by atoms with E-state index >= 15 is 0 Å². The Bertz CT molecular complexity index is 1400. The highest BCUT2D eigenvalue weighted by atomic mass is 16.5. The maximum Gasteiger partial charge on any atom is 0.276 e. The molecule has 1 amide bonds. The van der Waals surface area contributed by atoms with Crippen LogP contribution in [0, 0.1) is 13.8 Å². The Kier molecular flexibility index (Phi) is 7.42. The predicted octanol–water partition coefficient (Wildman–Crippen LogP) is 5.61. The third-order valence-electron chi connectivity index (χ3n) is 5.12. The largest absolute Gasteiger partial charge is 0.492 e. The van der Waals surface area contributed by atoms with Crippen molar-refractivity contribution in [3.05, 3.63) is 112 Å². The summed E-state index contributed by atoms with van der Waals surface area (Å²) < 4.78 is 6.85. The number of para-hydroxylation sites is 1. The maximum absolute atomic E-state index is 12.9. The van der Waals surface area contributed by atoms with Gasteiger partial charge in [-0.25, -0.2) is 4.68 Å². The lowest BCUT2D eigenvalue weighted by atomic mass is 10.2. The second-order valence-corrected chi connectivity index (χ2v) is 7.95. The Morgan fingerprint density at radius 3 is 2.43 bits per heavy atom. The van der Waals surface area contributed by atoms with E-state index < -0.39 is 5.91 Å². The number of carbonyl (C=O) groups is 1. The van der Waals surface area contributed by atoms with Gasteiger partial charge >= 0.3 is 0 Å². The summed E-state index contributed by atoms with van der Waals surface area (Å²) in [7, 11) is 0. The molecule has 4 aromatic rings. The molecule has 4 rings (SSSR count). The van der Waals surface area contributed by atoms with Crippen LogP contribution in [0.2, 0.25) is 0 Å². The SMILES string of the molecule is Cc1ccc(N=Nc2cc(C)ccc2NC(=O)c2ccc(=O)n(CCOc3ccccc3)n2)cc1. The summed E-state index contributed by atoms with van der Waals surface area (Å²) in [6.45, 7) is 4.38. The van der Waals surface area contributed by atoms with Gasteiger partial charge in [-0.2, -0.15) is 10.2 Å². The van der Waals surface area contributed by atoms with Crippen molar-refractivity contribution in [3.63, 3.8) is 0 Å². The molecule has 0 saturated heterocycles. The summed E-state index contributed by atoms with van der Waals surface area (Å²) in [4.78, 5) is 25.1. The smallest absolute Gasteiger partial charge is 0.276 e. The number of ether oxygens (including phenoxy) is 1. The van der Waals surface area contributed by atoms with Crippen LogP contribution in [0.15, 0.2) is 100.0 Å². The van der Waals surface area contributed by atoms with E-state index in [1.54, 1.807) is 6.07 Å². The van der Waals surface area contributed by atoms with Crippen molar-refractivity contribution in [2.45, 2.75) is 20.4 Å². The number of azo groups is 1. The number of hydrogen-bond donors (Lipinski definition) is 1. The molecule has 0 aliphatic carbocycles. The third-order valence-corrected chi connectivity index (χ3v) is 5.12. The lowest BCUT2D eigenvalue weighted by Gasteiger charge is -2.10. The first-order chi connectivity index (χ1) is 17.0. The van der Waals surface area contributed by atoms with Gasteiger partial charge in [0.05, 0.1) is 17.9 Å². The molecule has 176 valence electrons. The Hall–Kier alpha value is -4.59. The normalized spacial score (nSPS) is 10.9. The molecule has 3 aromatic carbocycles. The minimum absolute atomic E-state index is 0.103. The molecular weight excluding hydrogens is 442 g/mol. The Labute approximate surface area is 202 Å². The molecule has 8 heteroatoms. The van der Waals surface area contributed by atoms with Gasteiger partial charge in [0.15, 0.2) is 0 Å². The number of carbonyl (C=O) groups excluding carboxylic acids is 1. The Morgan fingerprint density at radius 2 is 1.66 bits per heavy atom. The summed E-state index contributed by atoms with van der Waals surface area (Å²) in [5.41, 5.74) is 3.61. The number of nitrogens with one attached hydrogen (secondary N) is 1. The molecule has 35 heavy (non-hydrogen) atoms. The third kappa shape index (κ3) is 6.48. The first kappa shape index (κ1) is 23.6. The molecule has 0 aliphatic rings. The van der Waals surface area contributed by atoms with E-state index in [-0.39, 0.29) is 24.4 Å². The molecule has 8 nitrogen and oxygen atoms in total. The fourth-order valence-electron chi connectivity index (χ4n) is 3.24. The van der Waals surface area contributed by atoms with E-state index in [0.717, 1.165) is 11.1 Å². The molecule has 0 saturated carbocycles. The molecule has 1 N–H and O–H groups in total. The fourth-order valence-corrected chi connectivity index (χ4v) is 3.24. The minimum atomic E-state index is -0.460. The van der Waals surface area contributed by atoms with Crippen LogP contribution in [-0.4, -0.2) is 22.3 Å². The molecule has 0 radical (unpaired) electrons. The van der Waals surface area contributed by atoms with Gasteiger partial charge in [0.25, 0.3) is 11.5 Å². The number of hydrogen-bond acceptors (Lipinski definition) is 6. The van der Waals surface area contributed by atoms with Crippen LogP contribution in [0.4, 0.5) is 17.1 Å². The standard InChI is InChI=1S/C27H25N5O3/c1-19-8-11-21(12-9-19)29-30-25-18-20(2)10-13-23(25)28-27(34)24-14-15-26(33)32(31-24)16-17-35-22-6-4-3-5-7-22/h3-15,18H,16-17H2,1-2H3,(H,28,34). The van der Waals surface area contributed by atoms with Gasteiger partial charge in [0, 0.05) is 6.07 Å². The summed E-state index contributed by atoms with van der Waals surface area (Å²) in [5.74, 6) is 0.236. The van der Waals surface area contributed by atoms with Gasteiger partial charge in [0.2, 0.25) is 0 Å². The molecule has 1 aromatic heterocycles. The summed E-state index contributed by atoms with van der Waals surface area (Å²) in [5, 5.41) is 15.6. The average molecular weight is 468 g/mol. The molecule has 0 fully saturated rings. The van der Waals surface area contributed by atoms with Gasteiger partial charge in [-0.1, -0.05) is 42.0 Å². The van der Waals surface area contributed by atoms with Gasteiger partial charge < -0.3 is 10.1 Å². The lowest BCUT2D eigenvalue weighted by molar-refractivity contribution is 0.101. The van der Waals surface area contributed by atoms with E-state index in [2.05, 4.69) is 20.6 Å². The van der Waals surface area contributed by atoms with Crippen molar-refractivity contribution in [1.82, 2.24) is 9.78 Å². The van der Waals surface area contributed by atoms with Crippen LogP contribution in [0.5, 0.6) is 5.75 Å². The van der Waals surface area contributed by atoms with Crippen molar-refractivity contribution in [1.29, 1.82) is 0 Å². The molecule has 0 aliphatic heterocycles. The van der Waals surface area contributed by atoms with Crippen LogP contribution in [0.3, 0.4) is 0 Å². The highest BCUT2D eigenvalue weighted by molar-refractivity contribution is 6.04. The number of anilines is 1. The summed E-state index contributed by atoms with van der Waals surface area (Å²) >= 11 is 0. The van der Waals surface area contributed by atoms with Crippen LogP contribution >= 0.6 is 0 Å². The van der Waals surface area contributed by atoms with Gasteiger partial charge in [-0.3, -0.25) is 9.59 Å². The maximum atomic E-state index is 12.9. The van der Waals surface area contributed by atoms with Crippen LogP contribution < -0.4 is 15.6 Å². The summed E-state index contributed by atoms with van der Waals surface area (Å²) in [6.07, 6.45) is 0. The van der Waals surface area contributed by atoms with E-state index in [0.29, 0.717) is 22.8 Å². The molecule has 0 bridgehead atoms. The number of benzene rings is 3. The zero-order chi connectivity index (χ0) is 24.6. The van der Waals surface area contributed by atoms with Crippen molar-refractivity contribution < 1.29 is 9.53 Å². The second kappa shape index (κ2) is 11.0. The van der Waals surface area contributed by atoms with E-state index in [4.69, 9.17) is 4.74 Å². The number of amides is 1. The lowest BCUT2D eigenvalue weighted by Crippen LogP contribution is -2.28. The van der Waals surface area contributed by atoms with Gasteiger partial charge in [-0.15, -0.1) is 5.11 Å². The Balaban J connectivity index is 1.48. The van der Waals surface area contributed by atoms with Crippen LogP contribution in [0.25, 0.3) is 0 Å². The average Bonchev–Trinajstić information content (AvgIpc) is 2.87. The second-order valence-electron chi connectivity index (χ2n) is 7.95. The quantitative estimate of drug-likeness (QED) is 0.341. The monoisotopic (exact) mass is 467 g/mol. The van der Waals surface area contributed by atoms with E-state index in [1.807, 2.05) is 80.6 Å². The van der Waals surface area contributed by atoms with E-state index in [9.17, 15) is 9.59 Å². The first-order valence-electron chi connectivity index (χ1n) is 11.1. The van der Waals surface area contributed by atoms with Crippen molar-refractivity contribution in [3.8, 4) is 5.75 Å². The fraction of sp³-hybridized carbons (Fsp3) is 0.148. The Morgan fingerprint density at radius 1 is 0.914 bits per heavy atom. The number of aryl methyl sites for hydroxylation is 2.